The van der Waals surface area contributed by atoms with E-state index in [-0.39, 0.29) is 11.8 Å². The van der Waals surface area contributed by atoms with Gasteiger partial charge in [0.05, 0.1) is 5.69 Å². The normalized spacial score (nSPS) is 11.8. The van der Waals surface area contributed by atoms with Gasteiger partial charge in [-0.2, -0.15) is 4.98 Å². The molecule has 1 atom stereocenters. The van der Waals surface area contributed by atoms with Crippen LogP contribution in [0.15, 0.2) is 54.9 Å². The van der Waals surface area contributed by atoms with E-state index in [2.05, 4.69) is 39.4 Å². The van der Waals surface area contributed by atoms with E-state index in [1.165, 1.54) is 0 Å². The molecule has 2 heterocycles. The van der Waals surface area contributed by atoms with Crippen LogP contribution in [0, 0.1) is 0 Å². The first kappa shape index (κ1) is 16.7. The number of phenolic OH excluding ortho intramolecular Hbond substituents is 1. The summed E-state index contributed by atoms with van der Waals surface area (Å²) in [5.74, 6) is 1.46. The van der Waals surface area contributed by atoms with Crippen molar-refractivity contribution in [3.8, 4) is 17.0 Å². The number of anilines is 3. The molecule has 3 N–H and O–H groups in total. The molecule has 0 amide bonds. The Kier molecular flexibility index (Phi) is 5.09. The SMILES string of the molecule is CC[C@H](C)Nc1nc(Nc2ccc(O)cc2)cc(-c2cccnc2)n1. The van der Waals surface area contributed by atoms with E-state index in [1.54, 1.807) is 36.7 Å². The van der Waals surface area contributed by atoms with Gasteiger partial charge in [0.15, 0.2) is 0 Å². The number of benzene rings is 1. The molecule has 25 heavy (non-hydrogen) atoms. The molecule has 128 valence electrons. The number of aromatic hydroxyl groups is 1. The van der Waals surface area contributed by atoms with Crippen LogP contribution in [-0.4, -0.2) is 26.1 Å². The highest BCUT2D eigenvalue weighted by molar-refractivity contribution is 5.67. The van der Waals surface area contributed by atoms with Gasteiger partial charge in [-0.3, -0.25) is 4.98 Å². The molecule has 0 bridgehead atoms. The highest BCUT2D eigenvalue weighted by Gasteiger charge is 2.09. The van der Waals surface area contributed by atoms with E-state index in [0.29, 0.717) is 11.8 Å². The molecule has 1 aromatic carbocycles. The molecule has 0 saturated heterocycles. The Morgan fingerprint density at radius 3 is 2.60 bits per heavy atom. The molecule has 0 aliphatic rings. The number of nitrogens with one attached hydrogen (secondary N) is 2. The third-order valence-electron chi connectivity index (χ3n) is 3.81. The molecule has 0 spiro atoms. The molecule has 0 unspecified atom stereocenters. The number of hydrogen-bond acceptors (Lipinski definition) is 6. The topological polar surface area (TPSA) is 83.0 Å². The lowest BCUT2D eigenvalue weighted by atomic mass is 10.2. The molecule has 0 aliphatic heterocycles. The molecule has 6 nitrogen and oxygen atoms in total. The zero-order valence-electron chi connectivity index (χ0n) is 14.3. The van der Waals surface area contributed by atoms with E-state index < -0.39 is 0 Å². The minimum absolute atomic E-state index is 0.225. The van der Waals surface area contributed by atoms with E-state index in [1.807, 2.05) is 18.2 Å². The first-order valence-corrected chi connectivity index (χ1v) is 8.26. The van der Waals surface area contributed by atoms with Crippen LogP contribution in [0.1, 0.15) is 20.3 Å². The van der Waals surface area contributed by atoms with E-state index >= 15 is 0 Å². The van der Waals surface area contributed by atoms with Gasteiger partial charge in [-0.1, -0.05) is 6.92 Å². The third-order valence-corrected chi connectivity index (χ3v) is 3.81. The van der Waals surface area contributed by atoms with Gasteiger partial charge in [0.25, 0.3) is 0 Å². The standard InChI is InChI=1S/C19H21N5O/c1-3-13(2)21-19-23-17(14-5-4-10-20-12-14)11-18(24-19)22-15-6-8-16(25)9-7-15/h4-13,25H,3H2,1-2H3,(H2,21,22,23,24)/t13-/m0/s1. The lowest BCUT2D eigenvalue weighted by Gasteiger charge is -2.14. The predicted molar refractivity (Wildman–Crippen MR) is 100 cm³/mol. The lowest BCUT2D eigenvalue weighted by Crippen LogP contribution is -2.16. The quantitative estimate of drug-likeness (QED) is 0.586. The molecule has 3 rings (SSSR count). The fourth-order valence-corrected chi connectivity index (χ4v) is 2.25. The summed E-state index contributed by atoms with van der Waals surface area (Å²) >= 11 is 0. The zero-order chi connectivity index (χ0) is 17.6. The summed E-state index contributed by atoms with van der Waals surface area (Å²) in [6.07, 6.45) is 4.49. The van der Waals surface area contributed by atoms with Crippen molar-refractivity contribution < 1.29 is 5.11 Å². The van der Waals surface area contributed by atoms with Crippen LogP contribution in [0.5, 0.6) is 5.75 Å². The zero-order valence-corrected chi connectivity index (χ0v) is 14.3. The fourth-order valence-electron chi connectivity index (χ4n) is 2.25. The summed E-state index contributed by atoms with van der Waals surface area (Å²) in [6.45, 7) is 4.20. The maximum atomic E-state index is 9.42. The Bertz CT molecular complexity index is 821. The first-order chi connectivity index (χ1) is 12.1. The van der Waals surface area contributed by atoms with Crippen LogP contribution < -0.4 is 10.6 Å². The molecular formula is C19H21N5O. The summed E-state index contributed by atoms with van der Waals surface area (Å²) in [5, 5.41) is 16.0. The number of hydrogen-bond donors (Lipinski definition) is 3. The van der Waals surface area contributed by atoms with Crippen LogP contribution >= 0.6 is 0 Å². The number of aromatic nitrogens is 3. The Morgan fingerprint density at radius 2 is 1.92 bits per heavy atom. The number of rotatable bonds is 6. The van der Waals surface area contributed by atoms with Gasteiger partial charge < -0.3 is 15.7 Å². The maximum Gasteiger partial charge on any atom is 0.225 e. The lowest BCUT2D eigenvalue weighted by molar-refractivity contribution is 0.475. The van der Waals surface area contributed by atoms with Crippen molar-refractivity contribution in [2.45, 2.75) is 26.3 Å². The molecule has 0 saturated carbocycles. The molecule has 0 radical (unpaired) electrons. The number of pyridine rings is 1. The molecule has 2 aromatic heterocycles. The van der Waals surface area contributed by atoms with Crippen LogP contribution in [0.2, 0.25) is 0 Å². The molecular weight excluding hydrogens is 314 g/mol. The summed E-state index contributed by atoms with van der Waals surface area (Å²) < 4.78 is 0. The highest BCUT2D eigenvalue weighted by Crippen LogP contribution is 2.24. The van der Waals surface area contributed by atoms with E-state index in [0.717, 1.165) is 23.4 Å². The highest BCUT2D eigenvalue weighted by atomic mass is 16.3. The van der Waals surface area contributed by atoms with Crippen LogP contribution in [0.4, 0.5) is 17.5 Å². The summed E-state index contributed by atoms with van der Waals surface area (Å²) in [5.41, 5.74) is 2.55. The van der Waals surface area contributed by atoms with Crippen LogP contribution in [0.25, 0.3) is 11.3 Å². The van der Waals surface area contributed by atoms with Gasteiger partial charge in [0.2, 0.25) is 5.95 Å². The largest absolute Gasteiger partial charge is 0.508 e. The van der Waals surface area contributed by atoms with Crippen molar-refractivity contribution in [2.24, 2.45) is 0 Å². The van der Waals surface area contributed by atoms with Gasteiger partial charge in [-0.15, -0.1) is 0 Å². The average Bonchev–Trinajstić information content (AvgIpc) is 2.64. The minimum Gasteiger partial charge on any atom is -0.508 e. The summed E-state index contributed by atoms with van der Waals surface area (Å²) in [7, 11) is 0. The van der Waals surface area contributed by atoms with Crippen molar-refractivity contribution in [3.05, 3.63) is 54.9 Å². The second-order valence-electron chi connectivity index (χ2n) is 5.83. The van der Waals surface area contributed by atoms with E-state index in [4.69, 9.17) is 0 Å². The average molecular weight is 335 g/mol. The fraction of sp³-hybridized carbons (Fsp3) is 0.211. The Balaban J connectivity index is 1.95. The maximum absolute atomic E-state index is 9.42. The van der Waals surface area contributed by atoms with Gasteiger partial charge in [0.1, 0.15) is 11.6 Å². The van der Waals surface area contributed by atoms with Gasteiger partial charge in [-0.25, -0.2) is 4.98 Å². The second kappa shape index (κ2) is 7.61. The van der Waals surface area contributed by atoms with Crippen molar-refractivity contribution >= 4 is 17.5 Å². The minimum atomic E-state index is 0.225. The van der Waals surface area contributed by atoms with Gasteiger partial charge in [0, 0.05) is 35.8 Å². The van der Waals surface area contributed by atoms with Crippen LogP contribution in [0.3, 0.4) is 0 Å². The molecule has 3 aromatic rings. The molecule has 0 fully saturated rings. The predicted octanol–water partition coefficient (Wildman–Crippen LogP) is 4.20. The van der Waals surface area contributed by atoms with Gasteiger partial charge >= 0.3 is 0 Å². The van der Waals surface area contributed by atoms with Crippen LogP contribution in [-0.2, 0) is 0 Å². The first-order valence-electron chi connectivity index (χ1n) is 8.26. The molecule has 6 heteroatoms. The number of nitrogens with zero attached hydrogens (tertiary/aromatic N) is 3. The Hall–Kier alpha value is -3.15. The Morgan fingerprint density at radius 1 is 1.12 bits per heavy atom. The van der Waals surface area contributed by atoms with Gasteiger partial charge in [-0.05, 0) is 49.7 Å². The Labute approximate surface area is 147 Å². The second-order valence-corrected chi connectivity index (χ2v) is 5.83. The number of phenols is 1. The summed E-state index contributed by atoms with van der Waals surface area (Å²) in [4.78, 5) is 13.3. The third kappa shape index (κ3) is 4.44. The van der Waals surface area contributed by atoms with Crippen molar-refractivity contribution in [2.75, 3.05) is 10.6 Å². The monoisotopic (exact) mass is 335 g/mol. The molecule has 0 aliphatic carbocycles. The smallest absolute Gasteiger partial charge is 0.225 e. The van der Waals surface area contributed by atoms with Crippen molar-refractivity contribution in [1.29, 1.82) is 0 Å². The van der Waals surface area contributed by atoms with Crippen molar-refractivity contribution in [1.82, 2.24) is 15.0 Å². The summed E-state index contributed by atoms with van der Waals surface area (Å²) in [6, 6.07) is 12.8. The van der Waals surface area contributed by atoms with E-state index in [9.17, 15) is 5.11 Å². The van der Waals surface area contributed by atoms with Crippen molar-refractivity contribution in [3.63, 3.8) is 0 Å².